The third kappa shape index (κ3) is 12.2. The number of rotatable bonds is 14. The molecule has 0 aliphatic rings. The van der Waals surface area contributed by atoms with E-state index in [1.807, 2.05) is 0 Å². The highest BCUT2D eigenvalue weighted by Gasteiger charge is 2.46. The Labute approximate surface area is 426 Å². The molecule has 0 saturated carbocycles. The fraction of sp³-hybridized carbons (Fsp3) is 0.0312. The second kappa shape index (κ2) is 24.8. The van der Waals surface area contributed by atoms with Crippen molar-refractivity contribution in [3.05, 3.63) is 313 Å². The summed E-state index contributed by atoms with van der Waals surface area (Å²) < 4.78 is 12.2. The van der Waals surface area contributed by atoms with Crippen molar-refractivity contribution in [2.24, 2.45) is 0 Å². The lowest BCUT2D eigenvalue weighted by Crippen LogP contribution is -2.32. The fourth-order valence-corrected chi connectivity index (χ4v) is 18.4. The molecule has 0 aliphatic carbocycles. The zero-order valence-electron chi connectivity index (χ0n) is 39.5. The van der Waals surface area contributed by atoms with Crippen LogP contribution in [-0.2, 0) is 23.1 Å². The van der Waals surface area contributed by atoms with E-state index in [0.717, 1.165) is 12.3 Å². The predicted octanol–water partition coefficient (Wildman–Crippen LogP) is 12.6. The van der Waals surface area contributed by atoms with Crippen LogP contribution >= 0.6 is 14.5 Å². The number of carboxylic acid groups (broad SMARTS) is 2. The minimum atomic E-state index is -1.78. The van der Waals surface area contributed by atoms with Crippen LogP contribution in [-0.4, -0.2) is 26.4 Å². The maximum atomic E-state index is 12.2. The molecule has 0 aliphatic heterocycles. The SMILES string of the molecule is O=C(O)c1ccc(S(=O)c2ccc(C(=O)O)cc2)cc1.c1ccc(C[P+](c2ccccc2)(c2ccccc2)c2ccccc2)cc1.c1ccc(C[P+](c2ccccc2)(c2ccccc2)c2ccccc2)cc1. The molecule has 0 spiro atoms. The average molecular weight is 997 g/mol. The molecule has 0 amide bonds. The second-order valence-electron chi connectivity index (χ2n) is 16.8. The van der Waals surface area contributed by atoms with Gasteiger partial charge in [0, 0.05) is 9.79 Å². The smallest absolute Gasteiger partial charge is 0.335 e. The molecule has 0 aromatic heterocycles. The van der Waals surface area contributed by atoms with Crippen molar-refractivity contribution < 1.29 is 24.0 Å². The Morgan fingerprint density at radius 2 is 0.486 bits per heavy atom. The van der Waals surface area contributed by atoms with Crippen LogP contribution in [0.4, 0.5) is 0 Å². The second-order valence-corrected chi connectivity index (χ2v) is 25.3. The molecule has 0 heterocycles. The van der Waals surface area contributed by atoms with Crippen LogP contribution in [0.5, 0.6) is 0 Å². The summed E-state index contributed by atoms with van der Waals surface area (Å²) in [6.45, 7) is 0. The van der Waals surface area contributed by atoms with Gasteiger partial charge in [0.15, 0.2) is 0 Å². The Kier molecular flexibility index (Phi) is 17.4. The molecule has 0 atom stereocenters. The maximum Gasteiger partial charge on any atom is 0.335 e. The molecule has 0 fully saturated rings. The molecule has 2 N–H and O–H groups in total. The first-order valence-electron chi connectivity index (χ1n) is 23.5. The van der Waals surface area contributed by atoms with Gasteiger partial charge in [0.1, 0.15) is 46.4 Å². The summed E-state index contributed by atoms with van der Waals surface area (Å²) in [4.78, 5) is 22.4. The van der Waals surface area contributed by atoms with Gasteiger partial charge >= 0.3 is 11.9 Å². The Balaban J connectivity index is 0.000000146. The number of hydrogen-bond donors (Lipinski definition) is 2. The molecule has 10 rings (SSSR count). The molecular formula is C64H54O5P2S+2. The number of aromatic carboxylic acids is 2. The maximum absolute atomic E-state index is 12.2. The van der Waals surface area contributed by atoms with Gasteiger partial charge in [0.2, 0.25) is 0 Å². The topological polar surface area (TPSA) is 91.7 Å². The summed E-state index contributed by atoms with van der Waals surface area (Å²) in [5.74, 6) is -2.10. The van der Waals surface area contributed by atoms with E-state index in [2.05, 4.69) is 243 Å². The van der Waals surface area contributed by atoms with Crippen LogP contribution in [0.25, 0.3) is 0 Å². The quantitative estimate of drug-likeness (QED) is 0.106. The van der Waals surface area contributed by atoms with E-state index in [-0.39, 0.29) is 11.1 Å². The van der Waals surface area contributed by atoms with Gasteiger partial charge in [0.05, 0.1) is 34.3 Å². The van der Waals surface area contributed by atoms with Crippen LogP contribution in [0.3, 0.4) is 0 Å². The third-order valence-corrected chi connectivity index (χ3v) is 22.5. The summed E-state index contributed by atoms with van der Waals surface area (Å²) in [6.07, 6.45) is 2.07. The van der Waals surface area contributed by atoms with Crippen molar-refractivity contribution in [3.8, 4) is 0 Å². The standard InChI is InChI=1S/2C25H22P.C14H10O5S/c2*1-5-13-22(14-6-1)21-26(23-15-7-2-8-16-23,24-17-9-3-10-18-24)25-19-11-4-12-20-25;15-13(16)9-1-5-11(6-2-9)20(19)12-7-3-10(4-8-12)14(17)18/h2*1-20H,21H2;1-8H,(H,15,16)(H,17,18)/q2*+1;. The van der Waals surface area contributed by atoms with Gasteiger partial charge in [0.25, 0.3) is 0 Å². The molecule has 8 heteroatoms. The lowest BCUT2D eigenvalue weighted by Gasteiger charge is -2.27. The Bertz CT molecular complexity index is 2840. The van der Waals surface area contributed by atoms with E-state index in [4.69, 9.17) is 10.2 Å². The number of benzene rings is 10. The van der Waals surface area contributed by atoms with Crippen molar-refractivity contribution in [2.45, 2.75) is 22.1 Å². The van der Waals surface area contributed by atoms with Crippen LogP contribution in [0.2, 0.25) is 0 Å². The number of carbonyl (C=O) groups is 2. The molecule has 72 heavy (non-hydrogen) atoms. The molecule has 10 aromatic carbocycles. The van der Waals surface area contributed by atoms with Crippen molar-refractivity contribution in [1.82, 2.24) is 0 Å². The first kappa shape index (κ1) is 50.5. The lowest BCUT2D eigenvalue weighted by atomic mass is 10.2. The Hall–Kier alpha value is -7.85. The van der Waals surface area contributed by atoms with Crippen LogP contribution < -0.4 is 31.8 Å². The van der Waals surface area contributed by atoms with Gasteiger partial charge in [-0.2, -0.15) is 0 Å². The molecule has 10 aromatic rings. The van der Waals surface area contributed by atoms with Crippen molar-refractivity contribution in [3.63, 3.8) is 0 Å². The summed E-state index contributed by atoms with van der Waals surface area (Å²) in [5, 5.41) is 26.2. The van der Waals surface area contributed by atoms with Crippen molar-refractivity contribution >= 4 is 69.1 Å². The summed E-state index contributed by atoms with van der Waals surface area (Å²) >= 11 is 0. The summed E-state index contributed by atoms with van der Waals surface area (Å²) in [5.41, 5.74) is 3.01. The fourth-order valence-electron chi connectivity index (χ4n) is 8.83. The van der Waals surface area contributed by atoms with Crippen LogP contribution in [0, 0.1) is 0 Å². The van der Waals surface area contributed by atoms with E-state index in [9.17, 15) is 13.8 Å². The zero-order valence-corrected chi connectivity index (χ0v) is 42.2. The van der Waals surface area contributed by atoms with E-state index in [0.29, 0.717) is 9.79 Å². The molecule has 0 saturated heterocycles. The van der Waals surface area contributed by atoms with Gasteiger partial charge in [-0.25, -0.2) is 13.8 Å². The highest BCUT2D eigenvalue weighted by Crippen LogP contribution is 2.59. The van der Waals surface area contributed by atoms with E-state index < -0.39 is 37.3 Å². The third-order valence-electron chi connectivity index (χ3n) is 12.3. The predicted molar refractivity (Wildman–Crippen MR) is 302 cm³/mol. The first-order chi connectivity index (χ1) is 35.3. The van der Waals surface area contributed by atoms with Gasteiger partial charge in [-0.1, -0.05) is 170 Å². The molecule has 5 nitrogen and oxygen atoms in total. The number of carboxylic acids is 2. The lowest BCUT2D eigenvalue weighted by molar-refractivity contribution is 0.0686. The zero-order chi connectivity index (χ0) is 50.0. The minimum Gasteiger partial charge on any atom is -0.478 e. The van der Waals surface area contributed by atoms with E-state index in [1.165, 1.54) is 91.5 Å². The van der Waals surface area contributed by atoms with Crippen LogP contribution in [0.1, 0.15) is 31.8 Å². The molecule has 0 radical (unpaired) electrons. The van der Waals surface area contributed by atoms with Gasteiger partial charge in [-0.05, 0) is 132 Å². The van der Waals surface area contributed by atoms with Crippen LogP contribution in [0.15, 0.2) is 301 Å². The van der Waals surface area contributed by atoms with E-state index >= 15 is 0 Å². The van der Waals surface area contributed by atoms with Gasteiger partial charge in [-0.15, -0.1) is 0 Å². The normalized spacial score (nSPS) is 11.0. The van der Waals surface area contributed by atoms with Gasteiger partial charge < -0.3 is 10.2 Å². The average Bonchev–Trinajstić information content (AvgIpc) is 3.46. The minimum absolute atomic E-state index is 0.118. The Morgan fingerprint density at radius 3 is 0.681 bits per heavy atom. The highest BCUT2D eigenvalue weighted by atomic mass is 32.2. The van der Waals surface area contributed by atoms with Crippen molar-refractivity contribution in [2.75, 3.05) is 0 Å². The molecular weight excluding hydrogens is 943 g/mol. The van der Waals surface area contributed by atoms with Gasteiger partial charge in [-0.3, -0.25) is 0 Å². The molecule has 0 bridgehead atoms. The first-order valence-corrected chi connectivity index (χ1v) is 28.6. The largest absolute Gasteiger partial charge is 0.478 e. The van der Waals surface area contributed by atoms with Crippen molar-refractivity contribution in [1.29, 1.82) is 0 Å². The van der Waals surface area contributed by atoms with E-state index in [1.54, 1.807) is 0 Å². The Morgan fingerprint density at radius 1 is 0.292 bits per heavy atom. The molecule has 0 unspecified atom stereocenters. The summed E-state index contributed by atoms with van der Waals surface area (Å²) in [7, 11) is -5.03. The number of hydrogen-bond acceptors (Lipinski definition) is 3. The highest BCUT2D eigenvalue weighted by molar-refractivity contribution is 7.95. The monoisotopic (exact) mass is 996 g/mol. The molecule has 354 valence electrons. The summed E-state index contributed by atoms with van der Waals surface area (Å²) in [6, 6.07) is 99.5.